The predicted molar refractivity (Wildman–Crippen MR) is 149 cm³/mol. The van der Waals surface area contributed by atoms with Crippen molar-refractivity contribution in [3.63, 3.8) is 0 Å². The summed E-state index contributed by atoms with van der Waals surface area (Å²) in [5.74, 6) is -0.248. The summed E-state index contributed by atoms with van der Waals surface area (Å²) in [6, 6.07) is 10.6. The van der Waals surface area contributed by atoms with Crippen molar-refractivity contribution in [1.82, 2.24) is 20.1 Å². The van der Waals surface area contributed by atoms with Gasteiger partial charge in [-0.15, -0.1) is 0 Å². The van der Waals surface area contributed by atoms with Gasteiger partial charge in [0.05, 0.1) is 23.7 Å². The van der Waals surface area contributed by atoms with Crippen LogP contribution in [-0.4, -0.2) is 84.9 Å². The van der Waals surface area contributed by atoms with E-state index >= 15 is 0 Å². The van der Waals surface area contributed by atoms with Crippen LogP contribution in [0.2, 0.25) is 0 Å². The van der Waals surface area contributed by atoms with Crippen LogP contribution in [-0.2, 0) is 44.8 Å². The number of hydrogen-bond donors (Lipinski definition) is 1. The fourth-order valence-corrected chi connectivity index (χ4v) is 7.29. The second-order valence-corrected chi connectivity index (χ2v) is 12.1. The van der Waals surface area contributed by atoms with Crippen molar-refractivity contribution in [1.29, 1.82) is 0 Å². The van der Waals surface area contributed by atoms with E-state index < -0.39 is 23.2 Å². The van der Waals surface area contributed by atoms with Gasteiger partial charge in [0.15, 0.2) is 0 Å². The van der Waals surface area contributed by atoms with Crippen LogP contribution >= 0.6 is 0 Å². The van der Waals surface area contributed by atoms with Gasteiger partial charge in [-0.3, -0.25) is 9.78 Å². The quantitative estimate of drug-likeness (QED) is 0.538. The largest absolute Gasteiger partial charge is 0.445 e. The molecule has 0 radical (unpaired) electrons. The van der Waals surface area contributed by atoms with Crippen molar-refractivity contribution >= 4 is 12.0 Å². The van der Waals surface area contributed by atoms with E-state index in [0.717, 1.165) is 24.2 Å². The molecule has 232 valence electrons. The molecule has 0 spiro atoms. The summed E-state index contributed by atoms with van der Waals surface area (Å²) in [6.07, 6.45) is -1.86. The molecule has 9 nitrogen and oxygen atoms in total. The number of alkyl halides is 3. The molecule has 6 rings (SSSR count). The number of pyridine rings is 1. The van der Waals surface area contributed by atoms with Gasteiger partial charge < -0.3 is 29.3 Å². The third-order valence-electron chi connectivity index (χ3n) is 9.47. The standard InChI is InChI=1S/C31H37F3N4O5/c1-41-27-18-42-10-8-26(27)36-24-12-23-16-38(29(40)43-17-20-5-3-2-4-6-20)19-30(23,13-24)28(39)37-9-7-25-21(15-37)11-22(14-35-25)31(32,33)34/h2-6,11,14,23-24,26-27,36H,7-10,12-13,15-19H2,1H3/t23-,24+,26?,27?,30-/m0/s1. The lowest BCUT2D eigenvalue weighted by Crippen LogP contribution is -2.52. The van der Waals surface area contributed by atoms with Crippen molar-refractivity contribution in [2.24, 2.45) is 11.3 Å². The maximum absolute atomic E-state index is 14.4. The molecule has 4 heterocycles. The maximum atomic E-state index is 14.4. The number of amides is 2. The number of nitrogens with one attached hydrogen (secondary N) is 1. The Morgan fingerprint density at radius 1 is 1.21 bits per heavy atom. The Balaban J connectivity index is 1.21. The number of aromatic nitrogens is 1. The molecule has 1 aromatic carbocycles. The average Bonchev–Trinajstić information content (AvgIpc) is 3.54. The first kappa shape index (κ1) is 29.8. The molecule has 3 aliphatic heterocycles. The lowest BCUT2D eigenvalue weighted by Gasteiger charge is -2.37. The number of benzene rings is 1. The lowest BCUT2D eigenvalue weighted by atomic mass is 9.78. The number of methoxy groups -OCH3 is 1. The van der Waals surface area contributed by atoms with Crippen LogP contribution in [0.4, 0.5) is 18.0 Å². The van der Waals surface area contributed by atoms with Gasteiger partial charge in [-0.2, -0.15) is 13.2 Å². The van der Waals surface area contributed by atoms with Gasteiger partial charge in [0.25, 0.3) is 0 Å². The fourth-order valence-electron chi connectivity index (χ4n) is 7.29. The van der Waals surface area contributed by atoms with E-state index in [1.807, 2.05) is 30.3 Å². The van der Waals surface area contributed by atoms with Gasteiger partial charge in [0.1, 0.15) is 6.61 Å². The number of fused-ring (bicyclic) bond motifs is 2. The zero-order chi connectivity index (χ0) is 30.2. The van der Waals surface area contributed by atoms with Crippen LogP contribution in [0.25, 0.3) is 0 Å². The molecule has 12 heteroatoms. The molecule has 2 saturated heterocycles. The van der Waals surface area contributed by atoms with Crippen molar-refractivity contribution in [2.75, 3.05) is 40.0 Å². The van der Waals surface area contributed by atoms with E-state index in [4.69, 9.17) is 14.2 Å². The van der Waals surface area contributed by atoms with Crippen LogP contribution < -0.4 is 5.32 Å². The highest BCUT2D eigenvalue weighted by Crippen LogP contribution is 2.51. The minimum Gasteiger partial charge on any atom is -0.445 e. The minimum absolute atomic E-state index is 0.0211. The molecular weight excluding hydrogens is 565 g/mol. The van der Waals surface area contributed by atoms with Crippen molar-refractivity contribution in [2.45, 2.75) is 63.2 Å². The summed E-state index contributed by atoms with van der Waals surface area (Å²) in [5.41, 5.74) is 0.174. The molecule has 1 aliphatic carbocycles. The van der Waals surface area contributed by atoms with Crippen LogP contribution in [0.5, 0.6) is 0 Å². The Kier molecular flexibility index (Phi) is 8.36. The first-order valence-corrected chi connectivity index (χ1v) is 14.8. The molecular formula is C31H37F3N4O5. The molecule has 1 N–H and O–H groups in total. The lowest BCUT2D eigenvalue weighted by molar-refractivity contribution is -0.143. The number of ether oxygens (including phenoxy) is 3. The van der Waals surface area contributed by atoms with E-state index in [1.54, 1.807) is 16.9 Å². The van der Waals surface area contributed by atoms with Gasteiger partial charge in [-0.05, 0) is 42.4 Å². The van der Waals surface area contributed by atoms with Gasteiger partial charge in [0.2, 0.25) is 5.91 Å². The summed E-state index contributed by atoms with van der Waals surface area (Å²) in [6.45, 7) is 2.25. The summed E-state index contributed by atoms with van der Waals surface area (Å²) in [7, 11) is 1.66. The maximum Gasteiger partial charge on any atom is 0.417 e. The second-order valence-electron chi connectivity index (χ2n) is 12.1. The summed E-state index contributed by atoms with van der Waals surface area (Å²) < 4.78 is 57.1. The number of carbonyl (C=O) groups excluding carboxylic acids is 2. The molecule has 3 fully saturated rings. The van der Waals surface area contributed by atoms with Crippen LogP contribution in [0.3, 0.4) is 0 Å². The summed E-state index contributed by atoms with van der Waals surface area (Å²) in [4.78, 5) is 35.0. The molecule has 1 saturated carbocycles. The summed E-state index contributed by atoms with van der Waals surface area (Å²) >= 11 is 0. The van der Waals surface area contributed by atoms with Crippen molar-refractivity contribution in [3.8, 4) is 0 Å². The number of nitrogens with zero attached hydrogens (tertiary/aromatic N) is 3. The number of halogens is 3. The minimum atomic E-state index is -4.52. The molecule has 0 bridgehead atoms. The zero-order valence-electron chi connectivity index (χ0n) is 24.1. The normalized spacial score (nSPS) is 28.8. The first-order valence-electron chi connectivity index (χ1n) is 14.8. The van der Waals surface area contributed by atoms with Crippen molar-refractivity contribution in [3.05, 3.63) is 65.0 Å². The topological polar surface area (TPSA) is 93.2 Å². The van der Waals surface area contributed by atoms with Crippen LogP contribution in [0.1, 0.15) is 41.6 Å². The summed E-state index contributed by atoms with van der Waals surface area (Å²) in [5, 5.41) is 3.72. The number of hydrogen-bond acceptors (Lipinski definition) is 7. The zero-order valence-corrected chi connectivity index (χ0v) is 24.1. The van der Waals surface area contributed by atoms with Gasteiger partial charge in [-0.1, -0.05) is 30.3 Å². The van der Waals surface area contributed by atoms with E-state index in [0.29, 0.717) is 56.8 Å². The highest BCUT2D eigenvalue weighted by atomic mass is 19.4. The van der Waals surface area contributed by atoms with Gasteiger partial charge >= 0.3 is 12.3 Å². The van der Waals surface area contributed by atoms with E-state index in [1.165, 1.54) is 0 Å². The number of carbonyl (C=O) groups is 2. The second kappa shape index (κ2) is 12.0. The smallest absolute Gasteiger partial charge is 0.417 e. The Labute approximate surface area is 248 Å². The van der Waals surface area contributed by atoms with E-state index in [-0.39, 0.29) is 49.7 Å². The molecule has 2 amide bonds. The Bertz CT molecular complexity index is 1330. The monoisotopic (exact) mass is 602 g/mol. The highest BCUT2D eigenvalue weighted by Gasteiger charge is 2.60. The van der Waals surface area contributed by atoms with Crippen LogP contribution in [0.15, 0.2) is 42.6 Å². The molecule has 2 unspecified atom stereocenters. The van der Waals surface area contributed by atoms with Gasteiger partial charge in [0, 0.05) is 70.3 Å². The van der Waals surface area contributed by atoms with E-state index in [9.17, 15) is 22.8 Å². The fraction of sp³-hybridized carbons (Fsp3) is 0.581. The van der Waals surface area contributed by atoms with Gasteiger partial charge in [-0.25, -0.2) is 4.79 Å². The number of rotatable bonds is 6. The average molecular weight is 603 g/mol. The molecule has 43 heavy (non-hydrogen) atoms. The molecule has 5 atom stereocenters. The molecule has 2 aromatic rings. The molecule has 1 aromatic heterocycles. The van der Waals surface area contributed by atoms with Crippen molar-refractivity contribution < 1.29 is 37.0 Å². The molecule has 4 aliphatic rings. The SMILES string of the molecule is COC1COCCC1N[C@@H]1C[C@H]2CN(C(=O)OCc3ccccc3)C[C@@]2(C(=O)N2CCc3ncc(C(F)(F)F)cc3C2)C1. The van der Waals surface area contributed by atoms with Crippen LogP contribution in [0, 0.1) is 11.3 Å². The Hall–Kier alpha value is -3.22. The third kappa shape index (κ3) is 6.09. The third-order valence-corrected chi connectivity index (χ3v) is 9.47. The Morgan fingerprint density at radius 3 is 2.79 bits per heavy atom. The Morgan fingerprint density at radius 2 is 2.02 bits per heavy atom. The first-order chi connectivity index (χ1) is 20.7. The predicted octanol–water partition coefficient (Wildman–Crippen LogP) is 3.80. The number of likely N-dealkylation sites (tertiary alicyclic amines) is 1. The van der Waals surface area contributed by atoms with E-state index in [2.05, 4.69) is 10.3 Å². The highest BCUT2D eigenvalue weighted by molar-refractivity contribution is 5.86.